The maximum atomic E-state index is 12.9. The monoisotopic (exact) mass is 959 g/mol. The van der Waals surface area contributed by atoms with Crippen LogP contribution in [0.4, 0.5) is 0 Å². The van der Waals surface area contributed by atoms with Gasteiger partial charge in [0.2, 0.25) is 0 Å². The molecule has 394 valence electrons. The highest BCUT2D eigenvalue weighted by Gasteiger charge is 2.19. The molecule has 0 unspecified atom stereocenters. The Kier molecular flexibility index (Phi) is 53.9. The largest absolute Gasteiger partial charge is 0.462 e. The molecule has 6 heteroatoms. The Bertz CT molecular complexity index is 1380. The van der Waals surface area contributed by atoms with Crippen LogP contribution in [-0.4, -0.2) is 37.2 Å². The summed E-state index contributed by atoms with van der Waals surface area (Å²) in [6, 6.07) is 0. The van der Waals surface area contributed by atoms with Crippen LogP contribution in [0.3, 0.4) is 0 Å². The van der Waals surface area contributed by atoms with Crippen LogP contribution in [-0.2, 0) is 28.6 Å². The van der Waals surface area contributed by atoms with Crippen molar-refractivity contribution >= 4 is 17.9 Å². The molecule has 0 radical (unpaired) electrons. The summed E-state index contributed by atoms with van der Waals surface area (Å²) in [5.41, 5.74) is 0. The summed E-state index contributed by atoms with van der Waals surface area (Å²) < 4.78 is 16.8. The van der Waals surface area contributed by atoms with Crippen LogP contribution in [0.2, 0.25) is 0 Å². The number of esters is 3. The zero-order valence-corrected chi connectivity index (χ0v) is 45.0. The van der Waals surface area contributed by atoms with Gasteiger partial charge in [0.25, 0.3) is 0 Å². The van der Waals surface area contributed by atoms with Gasteiger partial charge in [0.05, 0.1) is 0 Å². The number of allylic oxidation sites excluding steroid dienone is 16. The molecule has 0 aliphatic heterocycles. The molecule has 0 bridgehead atoms. The lowest BCUT2D eigenvalue weighted by atomic mass is 10.0. The van der Waals surface area contributed by atoms with Gasteiger partial charge in [-0.05, 0) is 89.9 Å². The van der Waals surface area contributed by atoms with Gasteiger partial charge >= 0.3 is 17.9 Å². The standard InChI is InChI=1S/C63H106O6/c1-4-7-10-13-16-19-22-25-28-30-31-33-35-38-41-44-47-50-53-56-62(65)68-59-60(58-67-61(64)55-52-49-46-43-40-37-34-27-24-21-18-15-12-9-6-3)69-63(66)57-54-51-48-45-42-39-36-32-29-26-23-20-17-14-11-8-5-2/h7,10,16,18-19,21,25,27-28,31,33-34,38,41,47,50,60H,4-6,8-9,11-15,17,20,22-24,26,29-30,32,35-37,39-40,42-46,48-49,51-59H2,1-3H3/b10-7+,19-16+,21-18+,28-25+,33-31+,34-27+,41-38+,50-47+/t60-/m1/s1. The average Bonchev–Trinajstić information content (AvgIpc) is 3.35. The molecule has 0 aromatic heterocycles. The molecule has 0 N–H and O–H groups in total. The number of rotatable bonds is 51. The molecule has 69 heavy (non-hydrogen) atoms. The van der Waals surface area contributed by atoms with Gasteiger partial charge in [-0.15, -0.1) is 0 Å². The van der Waals surface area contributed by atoms with Gasteiger partial charge in [0.1, 0.15) is 13.2 Å². The second kappa shape index (κ2) is 56.9. The fourth-order valence-corrected chi connectivity index (χ4v) is 7.79. The molecule has 0 rings (SSSR count). The van der Waals surface area contributed by atoms with Gasteiger partial charge in [-0.1, -0.05) is 253 Å². The van der Waals surface area contributed by atoms with Gasteiger partial charge in [0, 0.05) is 19.3 Å². The molecule has 0 saturated carbocycles. The van der Waals surface area contributed by atoms with Crippen molar-refractivity contribution in [1.82, 2.24) is 0 Å². The second-order valence-electron chi connectivity index (χ2n) is 18.8. The van der Waals surface area contributed by atoms with Crippen molar-refractivity contribution in [3.05, 3.63) is 97.2 Å². The maximum absolute atomic E-state index is 12.9. The van der Waals surface area contributed by atoms with Crippen LogP contribution in [0.5, 0.6) is 0 Å². The van der Waals surface area contributed by atoms with Crippen LogP contribution >= 0.6 is 0 Å². The van der Waals surface area contributed by atoms with E-state index in [1.165, 1.54) is 116 Å². The van der Waals surface area contributed by atoms with E-state index in [2.05, 4.69) is 112 Å². The molecular weight excluding hydrogens is 853 g/mol. The number of unbranched alkanes of at least 4 members (excludes halogenated alkanes) is 24. The number of ether oxygens (including phenoxy) is 3. The van der Waals surface area contributed by atoms with Crippen molar-refractivity contribution in [2.24, 2.45) is 0 Å². The SMILES string of the molecule is CC/C=C/C/C=C/C/C=C/C/C=C/C/C=C/C/C=C/CCC(=O)OC[C@@H](COC(=O)CCCCCCC/C=C/C/C=C/CCCCC)OC(=O)CCCCCCCCCCCCCCCCCCC. The van der Waals surface area contributed by atoms with E-state index < -0.39 is 6.10 Å². The third kappa shape index (κ3) is 55.1. The molecule has 0 aliphatic rings. The minimum Gasteiger partial charge on any atom is -0.462 e. The predicted octanol–water partition coefficient (Wildman–Crippen LogP) is 19.3. The molecule has 0 amide bonds. The Hall–Kier alpha value is -3.67. The van der Waals surface area contributed by atoms with Crippen molar-refractivity contribution < 1.29 is 28.6 Å². The first kappa shape index (κ1) is 65.3. The fourth-order valence-electron chi connectivity index (χ4n) is 7.79. The highest BCUT2D eigenvalue weighted by atomic mass is 16.6. The summed E-state index contributed by atoms with van der Waals surface area (Å²) in [6.07, 6.45) is 75.5. The van der Waals surface area contributed by atoms with Crippen LogP contribution in [0, 0.1) is 0 Å². The van der Waals surface area contributed by atoms with Crippen molar-refractivity contribution in [2.75, 3.05) is 13.2 Å². The molecule has 0 aromatic rings. The molecule has 1 atom stereocenters. The lowest BCUT2D eigenvalue weighted by Gasteiger charge is -2.18. The summed E-state index contributed by atoms with van der Waals surface area (Å²) in [5.74, 6) is -1.00. The van der Waals surface area contributed by atoms with Crippen molar-refractivity contribution in [3.63, 3.8) is 0 Å². The summed E-state index contributed by atoms with van der Waals surface area (Å²) >= 11 is 0. The van der Waals surface area contributed by atoms with Gasteiger partial charge in [-0.25, -0.2) is 0 Å². The van der Waals surface area contributed by atoms with Crippen molar-refractivity contribution in [2.45, 2.75) is 271 Å². The van der Waals surface area contributed by atoms with Crippen LogP contribution < -0.4 is 0 Å². The van der Waals surface area contributed by atoms with E-state index in [9.17, 15) is 14.4 Å². The first-order valence-corrected chi connectivity index (χ1v) is 28.7. The third-order valence-corrected chi connectivity index (χ3v) is 12.1. The average molecular weight is 960 g/mol. The van der Waals surface area contributed by atoms with Gasteiger partial charge < -0.3 is 14.2 Å². The summed E-state index contributed by atoms with van der Waals surface area (Å²) in [7, 11) is 0. The Balaban J connectivity index is 4.51. The molecule has 0 fully saturated rings. The summed E-state index contributed by atoms with van der Waals surface area (Å²) in [4.78, 5) is 38.1. The second-order valence-corrected chi connectivity index (χ2v) is 18.8. The molecule has 6 nitrogen and oxygen atoms in total. The Morgan fingerprint density at radius 3 is 1.00 bits per heavy atom. The Labute approximate surface area is 426 Å². The van der Waals surface area contributed by atoms with E-state index in [0.717, 1.165) is 103 Å². The van der Waals surface area contributed by atoms with E-state index >= 15 is 0 Å². The maximum Gasteiger partial charge on any atom is 0.306 e. The van der Waals surface area contributed by atoms with Gasteiger partial charge in [-0.2, -0.15) is 0 Å². The van der Waals surface area contributed by atoms with Crippen molar-refractivity contribution in [3.8, 4) is 0 Å². The summed E-state index contributed by atoms with van der Waals surface area (Å²) in [6.45, 7) is 6.44. The Morgan fingerprint density at radius 1 is 0.304 bits per heavy atom. The summed E-state index contributed by atoms with van der Waals surface area (Å²) in [5, 5.41) is 0. The zero-order chi connectivity index (χ0) is 50.0. The first-order valence-electron chi connectivity index (χ1n) is 28.7. The lowest BCUT2D eigenvalue weighted by Crippen LogP contribution is -2.30. The number of hydrogen-bond acceptors (Lipinski definition) is 6. The van der Waals surface area contributed by atoms with E-state index in [4.69, 9.17) is 14.2 Å². The van der Waals surface area contributed by atoms with E-state index in [0.29, 0.717) is 19.3 Å². The molecule has 0 spiro atoms. The smallest absolute Gasteiger partial charge is 0.306 e. The van der Waals surface area contributed by atoms with Gasteiger partial charge in [0.15, 0.2) is 6.10 Å². The van der Waals surface area contributed by atoms with E-state index in [-0.39, 0.29) is 37.5 Å². The minimum absolute atomic E-state index is 0.107. The normalized spacial score (nSPS) is 12.8. The van der Waals surface area contributed by atoms with Crippen LogP contribution in [0.15, 0.2) is 97.2 Å². The topological polar surface area (TPSA) is 78.9 Å². The quantitative estimate of drug-likeness (QED) is 0.0262. The molecular formula is C63H106O6. The number of carbonyl (C=O) groups is 3. The predicted molar refractivity (Wildman–Crippen MR) is 297 cm³/mol. The Morgan fingerprint density at radius 2 is 0.594 bits per heavy atom. The van der Waals surface area contributed by atoms with E-state index in [1.807, 2.05) is 6.08 Å². The lowest BCUT2D eigenvalue weighted by molar-refractivity contribution is -0.166. The number of carbonyl (C=O) groups excluding carboxylic acids is 3. The highest BCUT2D eigenvalue weighted by Crippen LogP contribution is 2.16. The van der Waals surface area contributed by atoms with Crippen LogP contribution in [0.1, 0.15) is 265 Å². The zero-order valence-electron chi connectivity index (χ0n) is 45.0. The third-order valence-electron chi connectivity index (χ3n) is 12.1. The van der Waals surface area contributed by atoms with Crippen molar-refractivity contribution in [1.29, 1.82) is 0 Å². The molecule has 0 aliphatic carbocycles. The molecule has 0 aromatic carbocycles. The first-order chi connectivity index (χ1) is 34.0. The minimum atomic E-state index is -0.813. The van der Waals surface area contributed by atoms with Gasteiger partial charge in [-0.3, -0.25) is 14.4 Å². The van der Waals surface area contributed by atoms with E-state index in [1.54, 1.807) is 0 Å². The molecule has 0 heterocycles. The number of hydrogen-bond donors (Lipinski definition) is 0. The highest BCUT2D eigenvalue weighted by molar-refractivity contribution is 5.71. The van der Waals surface area contributed by atoms with Crippen LogP contribution in [0.25, 0.3) is 0 Å². The fraction of sp³-hybridized carbons (Fsp3) is 0.698. The molecule has 0 saturated heterocycles.